The molecule has 0 unspecified atom stereocenters. The zero-order valence-corrected chi connectivity index (χ0v) is 27.2. The summed E-state index contributed by atoms with van der Waals surface area (Å²) in [5, 5.41) is 9.30. The van der Waals surface area contributed by atoms with Gasteiger partial charge in [-0.1, -0.05) is 26.0 Å². The van der Waals surface area contributed by atoms with Crippen LogP contribution >= 0.6 is 0 Å². The molecule has 0 saturated heterocycles. The first-order valence-corrected chi connectivity index (χ1v) is 16.7. The van der Waals surface area contributed by atoms with Crippen LogP contribution in [0, 0.1) is 24.2 Å². The Kier molecular flexibility index (Phi) is 8.77. The average molecular weight is 614 g/mol. The van der Waals surface area contributed by atoms with Crippen LogP contribution in [0.3, 0.4) is 0 Å². The van der Waals surface area contributed by atoms with Crippen LogP contribution in [-0.4, -0.2) is 40.6 Å². The van der Waals surface area contributed by atoms with Gasteiger partial charge in [0.1, 0.15) is 23.5 Å². The molecule has 7 rings (SSSR count). The SMILES string of the molecule is COc1ccc(C23CCC(CN(C(=O)C4CCC(CC(=O)O)CC4)c4cc(-c5coc(C(C)C)n5)ccn4)(CC2)CC3)cc1C. The first-order valence-electron chi connectivity index (χ1n) is 16.7. The Hall–Kier alpha value is -3.68. The molecule has 1 N–H and O–H groups in total. The quantitative estimate of drug-likeness (QED) is 0.246. The van der Waals surface area contributed by atoms with Gasteiger partial charge in [-0.2, -0.15) is 0 Å². The highest BCUT2D eigenvalue weighted by Gasteiger charge is 2.51. The summed E-state index contributed by atoms with van der Waals surface area (Å²) in [6.45, 7) is 6.89. The molecule has 2 bridgehead atoms. The number of anilines is 1. The summed E-state index contributed by atoms with van der Waals surface area (Å²) in [4.78, 5) is 37.2. The van der Waals surface area contributed by atoms with Crippen molar-refractivity contribution >= 4 is 17.7 Å². The van der Waals surface area contributed by atoms with Crippen LogP contribution in [0.2, 0.25) is 0 Å². The van der Waals surface area contributed by atoms with Gasteiger partial charge in [-0.15, -0.1) is 0 Å². The lowest BCUT2D eigenvalue weighted by atomic mass is 9.51. The molecule has 1 amide bonds. The van der Waals surface area contributed by atoms with Crippen molar-refractivity contribution in [3.8, 4) is 17.0 Å². The fourth-order valence-electron chi connectivity index (χ4n) is 8.24. The number of aromatic nitrogens is 2. The summed E-state index contributed by atoms with van der Waals surface area (Å²) in [6, 6.07) is 10.6. The van der Waals surface area contributed by atoms with E-state index >= 15 is 0 Å². The fraction of sp³-hybridized carbons (Fsp3) is 0.568. The molecule has 240 valence electrons. The minimum Gasteiger partial charge on any atom is -0.496 e. The van der Waals surface area contributed by atoms with Gasteiger partial charge >= 0.3 is 5.97 Å². The summed E-state index contributed by atoms with van der Waals surface area (Å²) in [5.74, 6) is 1.87. The summed E-state index contributed by atoms with van der Waals surface area (Å²) < 4.78 is 11.3. The molecule has 1 aromatic carbocycles. The molecule has 8 heteroatoms. The molecule has 8 nitrogen and oxygen atoms in total. The second-order valence-corrected chi connectivity index (χ2v) is 14.3. The van der Waals surface area contributed by atoms with Crippen molar-refractivity contribution in [3.63, 3.8) is 0 Å². The molecule has 0 radical (unpaired) electrons. The van der Waals surface area contributed by atoms with Crippen LogP contribution in [-0.2, 0) is 15.0 Å². The number of carboxylic acid groups (broad SMARTS) is 1. The van der Waals surface area contributed by atoms with Gasteiger partial charge in [0.15, 0.2) is 5.89 Å². The molecule has 4 aliphatic rings. The molecule has 4 aliphatic carbocycles. The van der Waals surface area contributed by atoms with Gasteiger partial charge in [0, 0.05) is 36.6 Å². The summed E-state index contributed by atoms with van der Waals surface area (Å²) in [6.07, 6.45) is 13.2. The third kappa shape index (κ3) is 6.38. The molecule has 3 aromatic rings. The van der Waals surface area contributed by atoms with E-state index in [1.807, 2.05) is 17.0 Å². The van der Waals surface area contributed by atoms with E-state index in [1.165, 1.54) is 11.1 Å². The molecule has 0 atom stereocenters. The number of hydrogen-bond donors (Lipinski definition) is 1. The number of methoxy groups -OCH3 is 1. The van der Waals surface area contributed by atoms with Gasteiger partial charge in [0.05, 0.1) is 7.11 Å². The zero-order chi connectivity index (χ0) is 31.8. The number of aryl methyl sites for hydroxylation is 1. The minimum absolute atomic E-state index is 0.0514. The number of rotatable bonds is 10. The van der Waals surface area contributed by atoms with Crippen LogP contribution in [0.4, 0.5) is 5.82 Å². The van der Waals surface area contributed by atoms with E-state index in [4.69, 9.17) is 19.1 Å². The Labute approximate surface area is 266 Å². The molecular formula is C37H47N3O5. The van der Waals surface area contributed by atoms with E-state index in [0.717, 1.165) is 81.2 Å². The van der Waals surface area contributed by atoms with Crippen LogP contribution in [0.5, 0.6) is 5.75 Å². The second kappa shape index (κ2) is 12.6. The van der Waals surface area contributed by atoms with Gasteiger partial charge in [-0.25, -0.2) is 9.97 Å². The predicted molar refractivity (Wildman–Crippen MR) is 173 cm³/mol. The molecular weight excluding hydrogens is 566 g/mol. The smallest absolute Gasteiger partial charge is 0.303 e. The molecule has 4 saturated carbocycles. The van der Waals surface area contributed by atoms with E-state index in [9.17, 15) is 14.7 Å². The number of ether oxygens (including phenoxy) is 1. The Morgan fingerprint density at radius 2 is 1.76 bits per heavy atom. The Bertz CT molecular complexity index is 1510. The summed E-state index contributed by atoms with van der Waals surface area (Å²) in [7, 11) is 1.73. The largest absolute Gasteiger partial charge is 0.496 e. The Morgan fingerprint density at radius 1 is 1.04 bits per heavy atom. The minimum atomic E-state index is -0.754. The van der Waals surface area contributed by atoms with Crippen molar-refractivity contribution in [1.82, 2.24) is 9.97 Å². The number of pyridine rings is 1. The number of benzene rings is 1. The van der Waals surface area contributed by atoms with Gasteiger partial charge < -0.3 is 14.3 Å². The van der Waals surface area contributed by atoms with Crippen LogP contribution in [0.1, 0.15) is 107 Å². The zero-order valence-electron chi connectivity index (χ0n) is 27.2. The Morgan fingerprint density at radius 3 is 2.36 bits per heavy atom. The standard InChI is InChI=1S/C37H47N3O5/c1-24(2)34-39-30(22-45-34)28-11-18-38-32(21-28)40(35(43)27-7-5-26(6-8-27)20-33(41)42)23-36-12-15-37(16-13-36,17-14-36)29-9-10-31(44-4)25(3)19-29/h9-11,18-19,21-22,24,26-27H,5-8,12-17,20,23H2,1-4H3,(H,41,42). The number of hydrogen-bond acceptors (Lipinski definition) is 6. The van der Waals surface area contributed by atoms with Crippen LogP contribution in [0.25, 0.3) is 11.3 Å². The lowest BCUT2D eigenvalue weighted by molar-refractivity contribution is -0.138. The van der Waals surface area contributed by atoms with Gasteiger partial charge in [-0.05, 0) is 117 Å². The first-order chi connectivity index (χ1) is 21.6. The number of oxazole rings is 1. The topological polar surface area (TPSA) is 106 Å². The fourth-order valence-corrected chi connectivity index (χ4v) is 8.24. The number of carbonyl (C=O) groups excluding carboxylic acids is 1. The monoisotopic (exact) mass is 613 g/mol. The van der Waals surface area contributed by atoms with Gasteiger partial charge in [0.2, 0.25) is 5.91 Å². The normalized spacial score (nSPS) is 26.2. The summed E-state index contributed by atoms with van der Waals surface area (Å²) in [5.41, 5.74) is 4.47. The first kappa shape index (κ1) is 31.3. The molecule has 0 spiro atoms. The average Bonchev–Trinajstić information content (AvgIpc) is 3.56. The molecule has 4 fully saturated rings. The molecule has 2 aromatic heterocycles. The third-order valence-corrected chi connectivity index (χ3v) is 11.2. The lowest BCUT2D eigenvalue weighted by Gasteiger charge is -2.55. The van der Waals surface area contributed by atoms with Crippen molar-refractivity contribution in [2.75, 3.05) is 18.6 Å². The number of amides is 1. The second-order valence-electron chi connectivity index (χ2n) is 14.3. The van der Waals surface area contributed by atoms with Gasteiger partial charge in [0.25, 0.3) is 0 Å². The highest BCUT2D eigenvalue weighted by Crippen LogP contribution is 2.58. The number of nitrogens with zero attached hydrogens (tertiary/aromatic N) is 3. The maximum Gasteiger partial charge on any atom is 0.303 e. The van der Waals surface area contributed by atoms with Gasteiger partial charge in [-0.3, -0.25) is 14.5 Å². The van der Waals surface area contributed by atoms with E-state index in [2.05, 4.69) is 39.0 Å². The van der Waals surface area contributed by atoms with Crippen molar-refractivity contribution < 1.29 is 23.8 Å². The maximum absolute atomic E-state index is 14.4. The molecule has 2 heterocycles. The van der Waals surface area contributed by atoms with Crippen molar-refractivity contribution in [3.05, 3.63) is 59.8 Å². The molecule has 45 heavy (non-hydrogen) atoms. The number of aliphatic carboxylic acids is 1. The summed E-state index contributed by atoms with van der Waals surface area (Å²) >= 11 is 0. The van der Waals surface area contributed by atoms with E-state index in [0.29, 0.717) is 18.3 Å². The van der Waals surface area contributed by atoms with Crippen LogP contribution < -0.4 is 9.64 Å². The third-order valence-electron chi connectivity index (χ3n) is 11.2. The highest BCUT2D eigenvalue weighted by atomic mass is 16.5. The number of fused-ring (bicyclic) bond motifs is 3. The van der Waals surface area contributed by atoms with Crippen molar-refractivity contribution in [2.45, 2.75) is 103 Å². The highest BCUT2D eigenvalue weighted by molar-refractivity contribution is 5.95. The van der Waals surface area contributed by atoms with Crippen molar-refractivity contribution in [1.29, 1.82) is 0 Å². The number of carboxylic acids is 1. The Balaban J connectivity index is 1.25. The van der Waals surface area contributed by atoms with Crippen LogP contribution in [0.15, 0.2) is 47.2 Å². The van der Waals surface area contributed by atoms with E-state index < -0.39 is 5.97 Å². The van der Waals surface area contributed by atoms with E-state index in [1.54, 1.807) is 19.6 Å². The van der Waals surface area contributed by atoms with Crippen molar-refractivity contribution in [2.24, 2.45) is 17.3 Å². The number of carbonyl (C=O) groups is 2. The lowest BCUT2D eigenvalue weighted by Crippen LogP contribution is -2.52. The maximum atomic E-state index is 14.4. The van der Waals surface area contributed by atoms with E-state index in [-0.39, 0.29) is 40.9 Å². The predicted octanol–water partition coefficient (Wildman–Crippen LogP) is 8.08. The molecule has 0 aliphatic heterocycles.